The molecule has 1 aromatic heterocycles. The molecule has 2 atom stereocenters. The van der Waals surface area contributed by atoms with Gasteiger partial charge in [-0.05, 0) is 36.6 Å². The summed E-state index contributed by atoms with van der Waals surface area (Å²) in [6, 6.07) is 24.0. The second-order valence-corrected chi connectivity index (χ2v) is 9.17. The van der Waals surface area contributed by atoms with Crippen molar-refractivity contribution in [2.45, 2.75) is 38.8 Å². The molecule has 4 aromatic rings. The first kappa shape index (κ1) is 24.9. The number of nitrogens with one attached hydrogen (secondary N) is 2. The van der Waals surface area contributed by atoms with Gasteiger partial charge in [0, 0.05) is 41.2 Å². The monoisotopic (exact) mass is 482 g/mol. The first-order valence-corrected chi connectivity index (χ1v) is 11.8. The molecule has 0 bridgehead atoms. The molecule has 184 valence electrons. The molecule has 6 nitrogen and oxygen atoms in total. The van der Waals surface area contributed by atoms with Crippen molar-refractivity contribution in [3.05, 3.63) is 119 Å². The van der Waals surface area contributed by atoms with Crippen molar-refractivity contribution in [1.29, 1.82) is 0 Å². The first-order valence-electron chi connectivity index (χ1n) is 11.8. The average Bonchev–Trinajstić information content (AvgIpc) is 3.23. The highest BCUT2D eigenvalue weighted by Crippen LogP contribution is 2.40. The van der Waals surface area contributed by atoms with E-state index in [2.05, 4.69) is 10.3 Å². The molecule has 0 aliphatic carbocycles. The number of carbonyl (C=O) groups excluding carboxylic acids is 2. The molecule has 1 amide bonds. The molecule has 0 saturated carbocycles. The molecule has 0 fully saturated rings. The van der Waals surface area contributed by atoms with E-state index in [-0.39, 0.29) is 18.0 Å². The molecular weight excluding hydrogens is 452 g/mol. The molecule has 4 rings (SSSR count). The van der Waals surface area contributed by atoms with Crippen LogP contribution in [-0.4, -0.2) is 26.9 Å². The number of aryl methyl sites for hydroxylation is 1. The number of ketones is 1. The SMILES string of the molecule is CC(=O)NCc1c(C(C(=CO)C(=O)[C@@](C)(O)c2ccccc2)c2ccccc2)[nH]c2cc(C)ccc12. The molecule has 36 heavy (non-hydrogen) atoms. The van der Waals surface area contributed by atoms with Crippen LogP contribution in [0, 0.1) is 6.92 Å². The fraction of sp³-hybridized carbons (Fsp3) is 0.200. The number of benzene rings is 3. The van der Waals surface area contributed by atoms with Gasteiger partial charge >= 0.3 is 0 Å². The second kappa shape index (κ2) is 10.2. The molecule has 0 radical (unpaired) electrons. The average molecular weight is 483 g/mol. The van der Waals surface area contributed by atoms with E-state index in [0.29, 0.717) is 11.3 Å². The van der Waals surface area contributed by atoms with E-state index in [1.54, 1.807) is 30.3 Å². The third kappa shape index (κ3) is 4.81. The highest BCUT2D eigenvalue weighted by Gasteiger charge is 2.39. The third-order valence-electron chi connectivity index (χ3n) is 6.52. The number of amides is 1. The summed E-state index contributed by atoms with van der Waals surface area (Å²) in [6.45, 7) is 5.11. The Kier molecular flexibility index (Phi) is 7.08. The van der Waals surface area contributed by atoms with Gasteiger partial charge in [-0.2, -0.15) is 0 Å². The Morgan fingerprint density at radius 1 is 1.03 bits per heavy atom. The van der Waals surface area contributed by atoms with Crippen LogP contribution in [0.2, 0.25) is 0 Å². The summed E-state index contributed by atoms with van der Waals surface area (Å²) in [6.07, 6.45) is 0.788. The number of rotatable bonds is 8. The van der Waals surface area contributed by atoms with Crippen LogP contribution >= 0.6 is 0 Å². The lowest BCUT2D eigenvalue weighted by Gasteiger charge is -2.28. The van der Waals surface area contributed by atoms with Gasteiger partial charge in [0.2, 0.25) is 5.91 Å². The van der Waals surface area contributed by atoms with Gasteiger partial charge in [0.1, 0.15) is 5.60 Å². The van der Waals surface area contributed by atoms with Crippen LogP contribution in [0.3, 0.4) is 0 Å². The van der Waals surface area contributed by atoms with Crippen LogP contribution in [0.4, 0.5) is 0 Å². The number of aromatic nitrogens is 1. The lowest BCUT2D eigenvalue weighted by Crippen LogP contribution is -2.35. The smallest absolute Gasteiger partial charge is 0.217 e. The van der Waals surface area contributed by atoms with Gasteiger partial charge in [0.05, 0.1) is 12.2 Å². The van der Waals surface area contributed by atoms with Crippen molar-refractivity contribution in [1.82, 2.24) is 10.3 Å². The lowest BCUT2D eigenvalue weighted by atomic mass is 9.78. The van der Waals surface area contributed by atoms with E-state index in [1.165, 1.54) is 13.8 Å². The predicted octanol–water partition coefficient (Wildman–Crippen LogP) is 5.16. The Morgan fingerprint density at radius 2 is 1.67 bits per heavy atom. The second-order valence-electron chi connectivity index (χ2n) is 9.17. The number of carbonyl (C=O) groups is 2. The summed E-state index contributed by atoms with van der Waals surface area (Å²) < 4.78 is 0. The number of fused-ring (bicyclic) bond motifs is 1. The van der Waals surface area contributed by atoms with Gasteiger partial charge < -0.3 is 20.5 Å². The summed E-state index contributed by atoms with van der Waals surface area (Å²) in [5, 5.41) is 25.6. The molecule has 0 saturated heterocycles. The zero-order valence-corrected chi connectivity index (χ0v) is 20.6. The normalized spacial score (nSPS) is 14.3. The molecule has 0 aliphatic rings. The number of H-pyrrole nitrogens is 1. The van der Waals surface area contributed by atoms with E-state index in [9.17, 15) is 19.8 Å². The predicted molar refractivity (Wildman–Crippen MR) is 141 cm³/mol. The summed E-state index contributed by atoms with van der Waals surface area (Å²) >= 11 is 0. The fourth-order valence-electron chi connectivity index (χ4n) is 4.63. The molecule has 3 aromatic carbocycles. The number of hydrogen-bond donors (Lipinski definition) is 4. The number of hydrogen-bond acceptors (Lipinski definition) is 4. The molecule has 6 heteroatoms. The minimum absolute atomic E-state index is 0.0300. The van der Waals surface area contributed by atoms with Gasteiger partial charge in [-0.25, -0.2) is 0 Å². The van der Waals surface area contributed by atoms with Gasteiger partial charge in [-0.1, -0.05) is 72.8 Å². The Balaban J connectivity index is 1.93. The molecule has 4 N–H and O–H groups in total. The van der Waals surface area contributed by atoms with Crippen molar-refractivity contribution < 1.29 is 19.8 Å². The summed E-state index contributed by atoms with van der Waals surface area (Å²) in [7, 11) is 0. The number of aromatic amines is 1. The van der Waals surface area contributed by atoms with Crippen LogP contribution in [0.1, 0.15) is 47.7 Å². The summed E-state index contributed by atoms with van der Waals surface area (Å²) in [4.78, 5) is 29.1. The van der Waals surface area contributed by atoms with E-state index >= 15 is 0 Å². The van der Waals surface area contributed by atoms with Crippen molar-refractivity contribution in [3.8, 4) is 0 Å². The van der Waals surface area contributed by atoms with E-state index in [4.69, 9.17) is 0 Å². The number of aliphatic hydroxyl groups is 2. The van der Waals surface area contributed by atoms with E-state index < -0.39 is 17.3 Å². The Bertz CT molecular complexity index is 1420. The summed E-state index contributed by atoms with van der Waals surface area (Å²) in [5.41, 5.74) is 2.71. The first-order chi connectivity index (χ1) is 17.2. The topological polar surface area (TPSA) is 102 Å². The van der Waals surface area contributed by atoms with Crippen molar-refractivity contribution in [2.24, 2.45) is 0 Å². The standard InChI is InChI=1S/C30H30N2O4/c1-19-14-15-23-24(17-31-20(2)34)28(32-26(23)16-19)27(21-10-6-4-7-11-21)25(18-33)29(35)30(3,36)22-12-8-5-9-13-22/h4-16,18,27,32-33,36H,17H2,1-3H3,(H,31,34)/t27?,30-/m0/s1. The zero-order valence-electron chi connectivity index (χ0n) is 20.6. The minimum Gasteiger partial charge on any atom is -0.515 e. The van der Waals surface area contributed by atoms with Crippen LogP contribution in [0.15, 0.2) is 90.7 Å². The van der Waals surface area contributed by atoms with E-state index in [1.807, 2.05) is 55.5 Å². The zero-order chi connectivity index (χ0) is 25.9. The minimum atomic E-state index is -1.87. The quantitative estimate of drug-likeness (QED) is 0.206. The molecule has 0 aliphatic heterocycles. The maximum absolute atomic E-state index is 13.9. The van der Waals surface area contributed by atoms with Crippen LogP contribution in [0.25, 0.3) is 10.9 Å². The maximum atomic E-state index is 13.9. The highest BCUT2D eigenvalue weighted by molar-refractivity contribution is 6.04. The van der Waals surface area contributed by atoms with Crippen LogP contribution in [-0.2, 0) is 21.7 Å². The molecule has 0 spiro atoms. The van der Waals surface area contributed by atoms with Crippen molar-refractivity contribution >= 4 is 22.6 Å². The van der Waals surface area contributed by atoms with Crippen LogP contribution < -0.4 is 5.32 Å². The van der Waals surface area contributed by atoms with Gasteiger partial charge in [-0.15, -0.1) is 0 Å². The summed E-state index contributed by atoms with van der Waals surface area (Å²) in [5.74, 6) is -1.53. The van der Waals surface area contributed by atoms with E-state index in [0.717, 1.165) is 33.9 Å². The van der Waals surface area contributed by atoms with Gasteiger partial charge in [0.25, 0.3) is 0 Å². The molecule has 1 heterocycles. The van der Waals surface area contributed by atoms with Crippen molar-refractivity contribution in [3.63, 3.8) is 0 Å². The highest BCUT2D eigenvalue weighted by atomic mass is 16.3. The van der Waals surface area contributed by atoms with Crippen LogP contribution in [0.5, 0.6) is 0 Å². The molecule has 1 unspecified atom stereocenters. The third-order valence-corrected chi connectivity index (χ3v) is 6.52. The lowest BCUT2D eigenvalue weighted by molar-refractivity contribution is -0.132. The number of Topliss-reactive ketones (excluding diaryl/α,β-unsaturated/α-hetero) is 1. The largest absolute Gasteiger partial charge is 0.515 e. The molecular formula is C30H30N2O4. The Labute approximate surface area is 210 Å². The number of aliphatic hydroxyl groups excluding tert-OH is 1. The maximum Gasteiger partial charge on any atom is 0.217 e. The van der Waals surface area contributed by atoms with Gasteiger partial charge in [0.15, 0.2) is 5.78 Å². The Morgan fingerprint density at radius 3 is 2.28 bits per heavy atom. The fourth-order valence-corrected chi connectivity index (χ4v) is 4.63. The Hall–Kier alpha value is -4.16. The van der Waals surface area contributed by atoms with Crippen molar-refractivity contribution in [2.75, 3.05) is 0 Å². The van der Waals surface area contributed by atoms with Gasteiger partial charge in [-0.3, -0.25) is 9.59 Å².